The second-order valence-corrected chi connectivity index (χ2v) is 8.42. The molecule has 0 radical (unpaired) electrons. The van der Waals surface area contributed by atoms with Gasteiger partial charge in [-0.3, -0.25) is 0 Å². The van der Waals surface area contributed by atoms with Gasteiger partial charge in [-0.2, -0.15) is 0 Å². The molecule has 142 valence electrons. The number of aliphatic imine (C=N–C) groups is 1. The summed E-state index contributed by atoms with van der Waals surface area (Å²) in [5, 5.41) is 3.44. The molecule has 1 aromatic carbocycles. The summed E-state index contributed by atoms with van der Waals surface area (Å²) in [5.74, 6) is 1.18. The molecule has 3 fully saturated rings. The average Bonchev–Trinajstić information content (AvgIpc) is 3.29. The van der Waals surface area contributed by atoms with Gasteiger partial charge in [-0.1, -0.05) is 25.0 Å². The molecule has 2 saturated carbocycles. The normalized spacial score (nSPS) is 31.7. The van der Waals surface area contributed by atoms with Crippen molar-refractivity contribution in [2.45, 2.75) is 69.9 Å². The summed E-state index contributed by atoms with van der Waals surface area (Å²) in [6.07, 6.45) is 11.7. The number of fused-ring (bicyclic) bond motifs is 3. The van der Waals surface area contributed by atoms with Crippen molar-refractivity contribution in [1.82, 2.24) is 0 Å². The van der Waals surface area contributed by atoms with E-state index in [1.54, 1.807) is 0 Å². The summed E-state index contributed by atoms with van der Waals surface area (Å²) in [4.78, 5) is 5.01. The van der Waals surface area contributed by atoms with Crippen LogP contribution in [0.15, 0.2) is 23.2 Å². The Hall–Kier alpha value is -0.820. The van der Waals surface area contributed by atoms with Crippen molar-refractivity contribution in [2.24, 2.45) is 22.1 Å². The molecule has 3 atom stereocenters. The minimum atomic E-state index is 0. The van der Waals surface area contributed by atoms with Gasteiger partial charge in [0.2, 0.25) is 0 Å². The van der Waals surface area contributed by atoms with E-state index in [4.69, 9.17) is 15.5 Å². The molecule has 4 nitrogen and oxygen atoms in total. The van der Waals surface area contributed by atoms with Crippen molar-refractivity contribution in [2.75, 3.05) is 11.9 Å². The zero-order valence-corrected chi connectivity index (χ0v) is 17.7. The minimum Gasteiger partial charge on any atom is -0.377 e. The van der Waals surface area contributed by atoms with Gasteiger partial charge in [0.1, 0.15) is 0 Å². The van der Waals surface area contributed by atoms with E-state index in [1.165, 1.54) is 56.1 Å². The van der Waals surface area contributed by atoms with Crippen molar-refractivity contribution in [3.63, 3.8) is 0 Å². The molecule has 4 aliphatic rings. The molecular weight excluding hydrogens is 437 g/mol. The molecule has 5 heteroatoms. The first-order valence-corrected chi connectivity index (χ1v) is 10.1. The van der Waals surface area contributed by atoms with Gasteiger partial charge in [0.05, 0.1) is 12.1 Å². The fraction of sp³-hybridized carbons (Fsp3) is 0.667. The molecule has 1 saturated heterocycles. The number of ether oxygens (including phenoxy) is 1. The average molecular weight is 467 g/mol. The predicted octanol–water partition coefficient (Wildman–Crippen LogP) is 4.26. The van der Waals surface area contributed by atoms with Crippen LogP contribution in [0.1, 0.15) is 56.1 Å². The number of halogens is 1. The number of rotatable bonds is 2. The molecule has 1 aromatic rings. The lowest BCUT2D eigenvalue weighted by Gasteiger charge is -2.54. The molecule has 0 amide bonds. The van der Waals surface area contributed by atoms with Crippen LogP contribution in [0.4, 0.5) is 5.69 Å². The first-order chi connectivity index (χ1) is 12.3. The Morgan fingerprint density at radius 3 is 2.81 bits per heavy atom. The highest BCUT2D eigenvalue weighted by molar-refractivity contribution is 14.0. The summed E-state index contributed by atoms with van der Waals surface area (Å²) in [5.41, 5.74) is 10.7. The molecule has 1 heterocycles. The maximum absolute atomic E-state index is 6.38. The predicted molar refractivity (Wildman–Crippen MR) is 116 cm³/mol. The van der Waals surface area contributed by atoms with Crippen LogP contribution >= 0.6 is 24.0 Å². The second kappa shape index (κ2) is 7.30. The maximum atomic E-state index is 6.38. The summed E-state index contributed by atoms with van der Waals surface area (Å²) in [6, 6.07) is 6.91. The number of hydrogen-bond donors (Lipinski definition) is 2. The molecule has 1 aliphatic heterocycles. The van der Waals surface area contributed by atoms with Crippen LogP contribution in [-0.4, -0.2) is 24.7 Å². The number of guanidine groups is 1. The summed E-state index contributed by atoms with van der Waals surface area (Å²) >= 11 is 0. The number of aryl methyl sites for hydroxylation is 1. The third-order valence-corrected chi connectivity index (χ3v) is 7.17. The SMILES string of the molecule is I.NC(=NC1C2CCOC2C12CCCC2)Nc1cccc2c1CCCC2. The van der Waals surface area contributed by atoms with Gasteiger partial charge in [0.15, 0.2) is 5.96 Å². The lowest BCUT2D eigenvalue weighted by Crippen LogP contribution is -2.61. The van der Waals surface area contributed by atoms with Crippen molar-refractivity contribution in [3.05, 3.63) is 29.3 Å². The van der Waals surface area contributed by atoms with Crippen molar-refractivity contribution < 1.29 is 4.74 Å². The molecule has 5 rings (SSSR count). The number of nitrogens with one attached hydrogen (secondary N) is 1. The van der Waals surface area contributed by atoms with Crippen LogP contribution in [0.25, 0.3) is 0 Å². The van der Waals surface area contributed by atoms with Crippen LogP contribution < -0.4 is 11.1 Å². The molecule has 1 spiro atoms. The van der Waals surface area contributed by atoms with Gasteiger partial charge in [-0.15, -0.1) is 24.0 Å². The number of nitrogens with two attached hydrogens (primary N) is 1. The number of anilines is 1. The molecule has 3 unspecified atom stereocenters. The Bertz CT molecular complexity index is 698. The Labute approximate surface area is 173 Å². The summed E-state index contributed by atoms with van der Waals surface area (Å²) < 4.78 is 6.06. The van der Waals surface area contributed by atoms with E-state index in [9.17, 15) is 0 Å². The first-order valence-electron chi connectivity index (χ1n) is 10.1. The number of benzene rings is 1. The van der Waals surface area contributed by atoms with E-state index >= 15 is 0 Å². The third-order valence-electron chi connectivity index (χ3n) is 7.17. The van der Waals surface area contributed by atoms with Gasteiger partial charge >= 0.3 is 0 Å². The lowest BCUT2D eigenvalue weighted by molar-refractivity contribution is -0.117. The monoisotopic (exact) mass is 467 g/mol. The van der Waals surface area contributed by atoms with Crippen molar-refractivity contribution >= 4 is 35.6 Å². The fourth-order valence-electron chi connectivity index (χ4n) is 6.05. The Morgan fingerprint density at radius 1 is 1.15 bits per heavy atom. The summed E-state index contributed by atoms with van der Waals surface area (Å²) in [7, 11) is 0. The van der Waals surface area contributed by atoms with E-state index in [0.717, 1.165) is 25.1 Å². The molecular formula is C21H30IN3O. The van der Waals surface area contributed by atoms with Crippen LogP contribution in [0.5, 0.6) is 0 Å². The molecule has 26 heavy (non-hydrogen) atoms. The first kappa shape index (κ1) is 18.5. The van der Waals surface area contributed by atoms with E-state index in [2.05, 4.69) is 23.5 Å². The smallest absolute Gasteiger partial charge is 0.193 e. The van der Waals surface area contributed by atoms with E-state index in [0.29, 0.717) is 24.0 Å². The molecule has 0 bridgehead atoms. The number of nitrogens with zero attached hydrogens (tertiary/aromatic N) is 1. The Morgan fingerprint density at radius 2 is 1.96 bits per heavy atom. The maximum Gasteiger partial charge on any atom is 0.193 e. The van der Waals surface area contributed by atoms with Crippen LogP contribution in [0.2, 0.25) is 0 Å². The fourth-order valence-corrected chi connectivity index (χ4v) is 6.05. The van der Waals surface area contributed by atoms with Crippen molar-refractivity contribution in [1.29, 1.82) is 0 Å². The van der Waals surface area contributed by atoms with Gasteiger partial charge in [-0.05, 0) is 62.1 Å². The van der Waals surface area contributed by atoms with Crippen molar-refractivity contribution in [3.8, 4) is 0 Å². The molecule has 3 N–H and O–H groups in total. The van der Waals surface area contributed by atoms with Gasteiger partial charge < -0.3 is 15.8 Å². The number of hydrogen-bond acceptors (Lipinski definition) is 2. The van der Waals surface area contributed by atoms with E-state index in [1.807, 2.05) is 0 Å². The van der Waals surface area contributed by atoms with E-state index < -0.39 is 0 Å². The molecule has 3 aliphatic carbocycles. The quantitative estimate of drug-likeness (QED) is 0.388. The van der Waals surface area contributed by atoms with Crippen LogP contribution in [0, 0.1) is 11.3 Å². The lowest BCUT2D eigenvalue weighted by atomic mass is 9.54. The second-order valence-electron chi connectivity index (χ2n) is 8.42. The van der Waals surface area contributed by atoms with E-state index in [-0.39, 0.29) is 29.4 Å². The van der Waals surface area contributed by atoms with Gasteiger partial charge in [0, 0.05) is 23.6 Å². The van der Waals surface area contributed by atoms with Crippen LogP contribution in [0.3, 0.4) is 0 Å². The van der Waals surface area contributed by atoms with Gasteiger partial charge in [0.25, 0.3) is 0 Å². The third kappa shape index (κ3) is 2.86. The highest BCUT2D eigenvalue weighted by atomic mass is 127. The zero-order valence-electron chi connectivity index (χ0n) is 15.4. The largest absolute Gasteiger partial charge is 0.377 e. The van der Waals surface area contributed by atoms with Gasteiger partial charge in [-0.25, -0.2) is 4.99 Å². The van der Waals surface area contributed by atoms with Crippen LogP contribution in [-0.2, 0) is 17.6 Å². The summed E-state index contributed by atoms with van der Waals surface area (Å²) in [6.45, 7) is 0.905. The Balaban J connectivity index is 0.00000168. The highest BCUT2D eigenvalue weighted by Gasteiger charge is 2.65. The highest BCUT2D eigenvalue weighted by Crippen LogP contribution is 2.62. The zero-order chi connectivity index (χ0) is 16.9. The molecule has 0 aromatic heterocycles. The topological polar surface area (TPSA) is 59.6 Å². The minimum absolute atomic E-state index is 0. The Kier molecular flexibility index (Phi) is 5.21. The standard InChI is InChI=1S/C21H29N3O.HI/c22-20(23-17-9-5-7-14-6-1-2-8-15(14)17)24-18-16-10-13-25-19(16)21(18)11-3-4-12-21;/h5,7,9,16,18-19H,1-4,6,8,10-13H2,(H3,22,23,24);1H.